The Morgan fingerprint density at radius 2 is 2.14 bits per heavy atom. The van der Waals surface area contributed by atoms with Gasteiger partial charge in [0.25, 0.3) is 0 Å². The molecule has 0 bridgehead atoms. The summed E-state index contributed by atoms with van der Waals surface area (Å²) in [5.74, 6) is 0. The first-order valence-corrected chi connectivity index (χ1v) is 6.54. The largest absolute Gasteiger partial charge is 0.377 e. The number of ether oxygens (including phenoxy) is 1. The Bertz CT molecular complexity index is 163. The molecule has 3 atom stereocenters. The van der Waals surface area contributed by atoms with E-state index in [9.17, 15) is 0 Å². The molecule has 3 unspecified atom stereocenters. The molecule has 1 saturated heterocycles. The molecule has 0 aromatic heterocycles. The average molecular weight is 217 g/mol. The molecule has 14 heavy (non-hydrogen) atoms. The summed E-state index contributed by atoms with van der Waals surface area (Å²) in [5.41, 5.74) is 0. The Kier molecular flexibility index (Phi) is 5.28. The molecule has 84 valence electrons. The van der Waals surface area contributed by atoms with Crippen molar-refractivity contribution in [2.45, 2.75) is 56.8 Å². The number of hydrogen-bond donors (Lipinski definition) is 1. The van der Waals surface area contributed by atoms with Gasteiger partial charge in [-0.05, 0) is 13.3 Å². The second-order valence-electron chi connectivity index (χ2n) is 4.41. The molecule has 1 rings (SSSR count). The summed E-state index contributed by atoms with van der Waals surface area (Å²) in [5, 5.41) is 4.87. The summed E-state index contributed by atoms with van der Waals surface area (Å²) in [4.78, 5) is 0. The van der Waals surface area contributed by atoms with Gasteiger partial charge in [0.1, 0.15) is 0 Å². The van der Waals surface area contributed by atoms with Crippen LogP contribution < -0.4 is 5.32 Å². The maximum absolute atomic E-state index is 5.55. The van der Waals surface area contributed by atoms with E-state index in [0.717, 1.165) is 13.2 Å². The van der Waals surface area contributed by atoms with Crippen molar-refractivity contribution in [3.63, 3.8) is 0 Å². The van der Waals surface area contributed by atoms with E-state index in [-0.39, 0.29) is 0 Å². The zero-order valence-electron chi connectivity index (χ0n) is 9.75. The Morgan fingerprint density at radius 1 is 1.43 bits per heavy atom. The van der Waals surface area contributed by atoms with Crippen molar-refractivity contribution in [2.24, 2.45) is 0 Å². The highest BCUT2D eigenvalue weighted by Crippen LogP contribution is 2.29. The van der Waals surface area contributed by atoms with Gasteiger partial charge in [0, 0.05) is 29.7 Å². The van der Waals surface area contributed by atoms with E-state index in [4.69, 9.17) is 4.74 Å². The normalized spacial score (nSPS) is 29.8. The van der Waals surface area contributed by atoms with Gasteiger partial charge in [-0.25, -0.2) is 0 Å². The van der Waals surface area contributed by atoms with Crippen LogP contribution in [-0.4, -0.2) is 35.8 Å². The molecule has 0 aliphatic carbocycles. The van der Waals surface area contributed by atoms with Gasteiger partial charge < -0.3 is 10.1 Å². The molecule has 1 N–H and O–H groups in total. The molecule has 1 aliphatic rings. The van der Waals surface area contributed by atoms with E-state index in [1.807, 2.05) is 0 Å². The Hall–Kier alpha value is 0.270. The van der Waals surface area contributed by atoms with Crippen LogP contribution in [0.1, 0.15) is 34.1 Å². The monoisotopic (exact) mass is 217 g/mol. The van der Waals surface area contributed by atoms with Gasteiger partial charge in [0.15, 0.2) is 0 Å². The highest BCUT2D eigenvalue weighted by Gasteiger charge is 2.26. The first kappa shape index (κ1) is 12.3. The molecular weight excluding hydrogens is 194 g/mol. The standard InChI is InChI=1S/C11H23NOS/c1-8(2)12-7-9(3)14-11-5-6-13-10(11)4/h8-12H,5-7H2,1-4H3. The van der Waals surface area contributed by atoms with Crippen LogP contribution in [0, 0.1) is 0 Å². The molecule has 1 fully saturated rings. The summed E-state index contributed by atoms with van der Waals surface area (Å²) in [7, 11) is 0. The van der Waals surface area contributed by atoms with Crippen LogP contribution in [-0.2, 0) is 4.74 Å². The average Bonchev–Trinajstić information content (AvgIpc) is 2.49. The summed E-state index contributed by atoms with van der Waals surface area (Å²) in [6.07, 6.45) is 1.67. The molecule has 0 radical (unpaired) electrons. The van der Waals surface area contributed by atoms with Gasteiger partial charge in [-0.3, -0.25) is 0 Å². The maximum Gasteiger partial charge on any atom is 0.0666 e. The van der Waals surface area contributed by atoms with Crippen LogP contribution >= 0.6 is 11.8 Å². The van der Waals surface area contributed by atoms with Crippen molar-refractivity contribution in [2.75, 3.05) is 13.2 Å². The molecule has 1 aliphatic heterocycles. The number of rotatable bonds is 5. The van der Waals surface area contributed by atoms with Crippen molar-refractivity contribution in [1.29, 1.82) is 0 Å². The lowest BCUT2D eigenvalue weighted by atomic mass is 10.3. The van der Waals surface area contributed by atoms with E-state index >= 15 is 0 Å². The van der Waals surface area contributed by atoms with E-state index < -0.39 is 0 Å². The zero-order chi connectivity index (χ0) is 10.6. The quantitative estimate of drug-likeness (QED) is 0.763. The van der Waals surface area contributed by atoms with Crippen molar-refractivity contribution in [3.8, 4) is 0 Å². The molecule has 0 spiro atoms. The molecule has 0 amide bonds. The van der Waals surface area contributed by atoms with Crippen LogP contribution in [0.2, 0.25) is 0 Å². The number of thioether (sulfide) groups is 1. The van der Waals surface area contributed by atoms with Gasteiger partial charge in [-0.1, -0.05) is 20.8 Å². The predicted octanol–water partition coefficient (Wildman–Crippen LogP) is 2.28. The number of hydrogen-bond acceptors (Lipinski definition) is 3. The van der Waals surface area contributed by atoms with Crippen molar-refractivity contribution in [3.05, 3.63) is 0 Å². The fourth-order valence-electron chi connectivity index (χ4n) is 1.64. The first-order chi connectivity index (χ1) is 6.59. The van der Waals surface area contributed by atoms with Gasteiger partial charge in [0.05, 0.1) is 6.10 Å². The summed E-state index contributed by atoms with van der Waals surface area (Å²) >= 11 is 2.07. The minimum atomic E-state index is 0.446. The third kappa shape index (κ3) is 4.20. The van der Waals surface area contributed by atoms with Crippen LogP contribution in [0.3, 0.4) is 0 Å². The Balaban J connectivity index is 2.16. The molecule has 2 nitrogen and oxygen atoms in total. The Morgan fingerprint density at radius 3 is 2.64 bits per heavy atom. The van der Waals surface area contributed by atoms with Gasteiger partial charge >= 0.3 is 0 Å². The molecular formula is C11H23NOS. The molecule has 0 aromatic carbocycles. The minimum Gasteiger partial charge on any atom is -0.377 e. The lowest BCUT2D eigenvalue weighted by molar-refractivity contribution is 0.127. The van der Waals surface area contributed by atoms with Crippen LogP contribution in [0.25, 0.3) is 0 Å². The van der Waals surface area contributed by atoms with E-state index in [2.05, 4.69) is 44.8 Å². The molecule has 1 heterocycles. The molecule has 0 saturated carbocycles. The second-order valence-corrected chi connectivity index (χ2v) is 6.10. The van der Waals surface area contributed by atoms with Crippen molar-refractivity contribution in [1.82, 2.24) is 5.32 Å². The van der Waals surface area contributed by atoms with E-state index in [1.165, 1.54) is 6.42 Å². The van der Waals surface area contributed by atoms with Gasteiger partial charge in [0.2, 0.25) is 0 Å². The van der Waals surface area contributed by atoms with E-state index in [1.54, 1.807) is 0 Å². The summed E-state index contributed by atoms with van der Waals surface area (Å²) < 4.78 is 5.55. The van der Waals surface area contributed by atoms with E-state index in [0.29, 0.717) is 22.6 Å². The van der Waals surface area contributed by atoms with Crippen molar-refractivity contribution >= 4 is 11.8 Å². The third-order valence-electron chi connectivity index (χ3n) is 2.53. The lowest BCUT2D eigenvalue weighted by Crippen LogP contribution is -2.30. The topological polar surface area (TPSA) is 21.3 Å². The predicted molar refractivity (Wildman–Crippen MR) is 64.0 cm³/mol. The minimum absolute atomic E-state index is 0.446. The van der Waals surface area contributed by atoms with Gasteiger partial charge in [-0.15, -0.1) is 0 Å². The Labute approximate surface area is 92.2 Å². The molecule has 3 heteroatoms. The lowest BCUT2D eigenvalue weighted by Gasteiger charge is -2.20. The fourth-order valence-corrected chi connectivity index (χ4v) is 2.96. The second kappa shape index (κ2) is 5.99. The van der Waals surface area contributed by atoms with Crippen LogP contribution in [0.15, 0.2) is 0 Å². The smallest absolute Gasteiger partial charge is 0.0666 e. The fraction of sp³-hybridized carbons (Fsp3) is 1.00. The highest BCUT2D eigenvalue weighted by atomic mass is 32.2. The number of nitrogens with one attached hydrogen (secondary N) is 1. The molecule has 0 aromatic rings. The van der Waals surface area contributed by atoms with Crippen LogP contribution in [0.4, 0.5) is 0 Å². The van der Waals surface area contributed by atoms with Crippen molar-refractivity contribution < 1.29 is 4.74 Å². The van der Waals surface area contributed by atoms with Gasteiger partial charge in [-0.2, -0.15) is 11.8 Å². The zero-order valence-corrected chi connectivity index (χ0v) is 10.6. The third-order valence-corrected chi connectivity index (χ3v) is 4.13. The van der Waals surface area contributed by atoms with Crippen LogP contribution in [0.5, 0.6) is 0 Å². The highest BCUT2D eigenvalue weighted by molar-refractivity contribution is 8.00. The SMILES string of the molecule is CC(C)NCC(C)SC1CCOC1C. The maximum atomic E-state index is 5.55. The summed E-state index contributed by atoms with van der Waals surface area (Å²) in [6.45, 7) is 10.9. The first-order valence-electron chi connectivity index (χ1n) is 5.60. The summed E-state index contributed by atoms with van der Waals surface area (Å²) in [6, 6.07) is 0.593.